The summed E-state index contributed by atoms with van der Waals surface area (Å²) in [6, 6.07) is 15.3. The monoisotopic (exact) mass is 470 g/mol. The topological polar surface area (TPSA) is 110 Å². The maximum absolute atomic E-state index is 13.2. The maximum atomic E-state index is 13.2. The van der Waals surface area contributed by atoms with Gasteiger partial charge < -0.3 is 20.6 Å². The summed E-state index contributed by atoms with van der Waals surface area (Å²) in [4.78, 5) is 27.6. The van der Waals surface area contributed by atoms with E-state index in [1.54, 1.807) is 54.6 Å². The van der Waals surface area contributed by atoms with Crippen molar-refractivity contribution in [3.63, 3.8) is 0 Å². The van der Waals surface area contributed by atoms with Gasteiger partial charge in [0, 0.05) is 32.1 Å². The van der Waals surface area contributed by atoms with Crippen LogP contribution in [0.3, 0.4) is 0 Å². The van der Waals surface area contributed by atoms with Gasteiger partial charge >= 0.3 is 0 Å². The van der Waals surface area contributed by atoms with Crippen LogP contribution in [0, 0.1) is 0 Å². The predicted molar refractivity (Wildman–Crippen MR) is 117 cm³/mol. The van der Waals surface area contributed by atoms with Crippen LogP contribution in [0.15, 0.2) is 59.1 Å². The molecular formula is C22H19BrN2O5. The lowest BCUT2D eigenvalue weighted by molar-refractivity contribution is 0.0833. The first-order chi connectivity index (χ1) is 14.4. The van der Waals surface area contributed by atoms with Crippen LogP contribution in [0.5, 0.6) is 0 Å². The van der Waals surface area contributed by atoms with Crippen LogP contribution in [0.1, 0.15) is 20.7 Å². The van der Waals surface area contributed by atoms with Gasteiger partial charge in [0.15, 0.2) is 0 Å². The number of amides is 2. The minimum atomic E-state index is -1.34. The zero-order valence-electron chi connectivity index (χ0n) is 15.8. The summed E-state index contributed by atoms with van der Waals surface area (Å²) in [5.74, 6) is -0.870. The third kappa shape index (κ3) is 3.18. The third-order valence-corrected chi connectivity index (χ3v) is 5.83. The molecule has 1 aliphatic rings. The Morgan fingerprint density at radius 3 is 2.03 bits per heavy atom. The van der Waals surface area contributed by atoms with Gasteiger partial charge in [-0.25, -0.2) is 4.90 Å². The maximum Gasteiger partial charge on any atom is 0.265 e. The fourth-order valence-electron chi connectivity index (χ4n) is 3.58. The van der Waals surface area contributed by atoms with Gasteiger partial charge in [0.1, 0.15) is 5.54 Å². The van der Waals surface area contributed by atoms with E-state index >= 15 is 0 Å². The van der Waals surface area contributed by atoms with Crippen LogP contribution >= 0.6 is 15.9 Å². The van der Waals surface area contributed by atoms with E-state index in [4.69, 9.17) is 0 Å². The molecule has 0 saturated carbocycles. The summed E-state index contributed by atoms with van der Waals surface area (Å²) in [7, 11) is 0. The number of halogens is 1. The molecule has 0 fully saturated rings. The molecule has 0 bridgehead atoms. The number of hydrogen-bond donors (Lipinski definition) is 4. The largest absolute Gasteiger partial charge is 0.394 e. The quantitative estimate of drug-likeness (QED) is 0.412. The lowest BCUT2D eigenvalue weighted by Gasteiger charge is -2.32. The number of nitrogens with one attached hydrogen (secondary N) is 1. The third-order valence-electron chi connectivity index (χ3n) is 5.30. The number of benzene rings is 3. The fourth-order valence-corrected chi connectivity index (χ4v) is 3.85. The van der Waals surface area contributed by atoms with E-state index in [1.165, 1.54) is 0 Å². The summed E-state index contributed by atoms with van der Waals surface area (Å²) in [6.07, 6.45) is 0. The minimum absolute atomic E-state index is 0.372. The number of aliphatic hydroxyl groups excluding tert-OH is 3. The second kappa shape index (κ2) is 7.81. The molecule has 1 heterocycles. The fraction of sp³-hybridized carbons (Fsp3) is 0.182. The number of carbonyl (C=O) groups is 2. The Morgan fingerprint density at radius 2 is 1.43 bits per heavy atom. The van der Waals surface area contributed by atoms with Crippen LogP contribution in [0.2, 0.25) is 0 Å². The molecule has 0 spiro atoms. The van der Waals surface area contributed by atoms with Gasteiger partial charge in [-0.2, -0.15) is 0 Å². The zero-order valence-corrected chi connectivity index (χ0v) is 17.4. The summed E-state index contributed by atoms with van der Waals surface area (Å²) in [5.41, 5.74) is 0.363. The smallest absolute Gasteiger partial charge is 0.265 e. The molecule has 1 aliphatic heterocycles. The molecular weight excluding hydrogens is 452 g/mol. The van der Waals surface area contributed by atoms with E-state index in [-0.39, 0.29) is 0 Å². The van der Waals surface area contributed by atoms with Crippen LogP contribution < -0.4 is 10.2 Å². The Labute approximate surface area is 180 Å². The van der Waals surface area contributed by atoms with Gasteiger partial charge in [-0.3, -0.25) is 9.59 Å². The number of carbonyl (C=O) groups excluding carboxylic acids is 2. The minimum Gasteiger partial charge on any atom is -0.394 e. The molecule has 8 heteroatoms. The summed E-state index contributed by atoms with van der Waals surface area (Å²) >= 11 is 3.35. The Morgan fingerprint density at radius 1 is 0.833 bits per heavy atom. The normalized spacial score (nSPS) is 13.8. The highest BCUT2D eigenvalue weighted by atomic mass is 79.9. The van der Waals surface area contributed by atoms with Gasteiger partial charge in [0.25, 0.3) is 11.8 Å². The Hall–Kier alpha value is -2.78. The number of anilines is 2. The molecule has 7 nitrogen and oxygen atoms in total. The van der Waals surface area contributed by atoms with Crippen LogP contribution in [0.25, 0.3) is 10.8 Å². The highest BCUT2D eigenvalue weighted by molar-refractivity contribution is 9.10. The Balaban J connectivity index is 1.86. The lowest BCUT2D eigenvalue weighted by Crippen LogP contribution is -2.49. The van der Waals surface area contributed by atoms with Crippen LogP contribution in [0.4, 0.5) is 11.4 Å². The van der Waals surface area contributed by atoms with Crippen molar-refractivity contribution in [2.24, 2.45) is 0 Å². The number of rotatable bonds is 6. The standard InChI is InChI=1S/C22H19BrN2O5/c23-13-4-6-14(7-5-13)25-20(29)16-3-1-2-15-18(24-22(10-26,11-27)12-28)9-8-17(19(15)16)21(25)30/h1-9,24,26-28H,10-12H2. The van der Waals surface area contributed by atoms with Crippen molar-refractivity contribution < 1.29 is 24.9 Å². The second-order valence-electron chi connectivity index (χ2n) is 7.19. The van der Waals surface area contributed by atoms with Crippen molar-refractivity contribution in [2.45, 2.75) is 5.54 Å². The molecule has 0 aromatic heterocycles. The van der Waals surface area contributed by atoms with E-state index in [0.29, 0.717) is 33.3 Å². The molecule has 0 radical (unpaired) electrons. The first-order valence-electron chi connectivity index (χ1n) is 9.25. The second-order valence-corrected chi connectivity index (χ2v) is 8.11. The van der Waals surface area contributed by atoms with Crippen LogP contribution in [-0.2, 0) is 0 Å². The van der Waals surface area contributed by atoms with E-state index < -0.39 is 37.2 Å². The molecule has 30 heavy (non-hydrogen) atoms. The summed E-state index contributed by atoms with van der Waals surface area (Å²) in [5, 5.41) is 33.0. The number of nitrogens with zero attached hydrogens (tertiary/aromatic N) is 1. The van der Waals surface area contributed by atoms with Crippen molar-refractivity contribution in [2.75, 3.05) is 30.0 Å². The van der Waals surface area contributed by atoms with E-state index in [0.717, 1.165) is 9.37 Å². The van der Waals surface area contributed by atoms with E-state index in [9.17, 15) is 24.9 Å². The molecule has 4 N–H and O–H groups in total. The predicted octanol–water partition coefficient (Wildman–Crippen LogP) is 2.53. The molecule has 3 aromatic carbocycles. The average Bonchev–Trinajstić information content (AvgIpc) is 2.77. The van der Waals surface area contributed by atoms with E-state index in [2.05, 4.69) is 21.2 Å². The van der Waals surface area contributed by atoms with Crippen molar-refractivity contribution in [1.82, 2.24) is 0 Å². The summed E-state index contributed by atoms with van der Waals surface area (Å²) in [6.45, 7) is -1.51. The molecule has 2 amide bonds. The lowest BCUT2D eigenvalue weighted by atomic mass is 9.91. The Bertz CT molecular complexity index is 1110. The average molecular weight is 471 g/mol. The molecule has 4 rings (SSSR count). The first-order valence-corrected chi connectivity index (χ1v) is 10.0. The number of aliphatic hydroxyl groups is 3. The van der Waals surface area contributed by atoms with Gasteiger partial charge in [-0.15, -0.1) is 0 Å². The molecule has 0 aliphatic carbocycles. The SMILES string of the molecule is O=C1c2cccc3c(NC(CO)(CO)CO)ccc(c23)C(=O)N1c1ccc(Br)cc1. The van der Waals surface area contributed by atoms with Crippen molar-refractivity contribution >= 4 is 49.9 Å². The Kier molecular flexibility index (Phi) is 5.33. The number of imide groups is 1. The van der Waals surface area contributed by atoms with E-state index in [1.807, 2.05) is 0 Å². The van der Waals surface area contributed by atoms with Crippen molar-refractivity contribution in [1.29, 1.82) is 0 Å². The van der Waals surface area contributed by atoms with Crippen molar-refractivity contribution in [3.05, 3.63) is 70.2 Å². The van der Waals surface area contributed by atoms with Crippen molar-refractivity contribution in [3.8, 4) is 0 Å². The first kappa shape index (κ1) is 20.5. The summed E-state index contributed by atoms with van der Waals surface area (Å²) < 4.78 is 0.835. The highest BCUT2D eigenvalue weighted by Crippen LogP contribution is 2.37. The molecule has 0 atom stereocenters. The van der Waals surface area contributed by atoms with Gasteiger partial charge in [-0.1, -0.05) is 28.1 Å². The van der Waals surface area contributed by atoms with Gasteiger partial charge in [0.2, 0.25) is 0 Å². The molecule has 0 unspecified atom stereocenters. The highest BCUT2D eigenvalue weighted by Gasteiger charge is 2.35. The van der Waals surface area contributed by atoms with Crippen LogP contribution in [-0.4, -0.2) is 52.5 Å². The molecule has 154 valence electrons. The molecule has 0 saturated heterocycles. The van der Waals surface area contributed by atoms with Gasteiger partial charge in [-0.05, 0) is 42.5 Å². The number of hydrogen-bond acceptors (Lipinski definition) is 6. The molecule has 3 aromatic rings. The van der Waals surface area contributed by atoms with Gasteiger partial charge in [0.05, 0.1) is 25.5 Å². The zero-order chi connectivity index (χ0) is 21.5.